The van der Waals surface area contributed by atoms with Gasteiger partial charge in [-0.15, -0.1) is 0 Å². The summed E-state index contributed by atoms with van der Waals surface area (Å²) in [5.74, 6) is 0.533. The summed E-state index contributed by atoms with van der Waals surface area (Å²) in [6, 6.07) is 0.580. The molecule has 0 amide bonds. The third kappa shape index (κ3) is 6.98. The fourth-order valence-corrected chi connectivity index (χ4v) is 3.17. The van der Waals surface area contributed by atoms with Gasteiger partial charge in [0.15, 0.2) is 0 Å². The molecule has 0 aromatic heterocycles. The van der Waals surface area contributed by atoms with Crippen LogP contribution in [0.1, 0.15) is 39.5 Å². The Labute approximate surface area is 116 Å². The van der Waals surface area contributed by atoms with Crippen LogP contribution < -0.4 is 5.32 Å². The van der Waals surface area contributed by atoms with Crippen LogP contribution in [0, 0.1) is 5.92 Å². The van der Waals surface area contributed by atoms with E-state index in [1.165, 1.54) is 25.7 Å². The van der Waals surface area contributed by atoms with Crippen molar-refractivity contribution in [2.75, 3.05) is 26.0 Å². The van der Waals surface area contributed by atoms with Gasteiger partial charge in [-0.2, -0.15) is 11.8 Å². The van der Waals surface area contributed by atoms with Crippen LogP contribution in [0.2, 0.25) is 0 Å². The minimum absolute atomic E-state index is 0.376. The number of rotatable bonds is 8. The molecular formula is C14H29NO2S. The summed E-state index contributed by atoms with van der Waals surface area (Å²) < 4.78 is 5.44. The highest BCUT2D eigenvalue weighted by Crippen LogP contribution is 2.26. The lowest BCUT2D eigenvalue weighted by Crippen LogP contribution is -2.40. The molecule has 0 aromatic carbocycles. The molecule has 4 heteroatoms. The molecule has 0 saturated heterocycles. The van der Waals surface area contributed by atoms with Crippen LogP contribution in [0.4, 0.5) is 0 Å². The van der Waals surface area contributed by atoms with Crippen molar-refractivity contribution in [1.29, 1.82) is 0 Å². The van der Waals surface area contributed by atoms with Crippen LogP contribution in [0.5, 0.6) is 0 Å². The maximum atomic E-state index is 9.82. The van der Waals surface area contributed by atoms with Crippen molar-refractivity contribution < 1.29 is 9.84 Å². The lowest BCUT2D eigenvalue weighted by atomic mass is 9.95. The minimum Gasteiger partial charge on any atom is -0.389 e. The Morgan fingerprint density at radius 2 is 2.11 bits per heavy atom. The second-order valence-electron chi connectivity index (χ2n) is 5.71. The molecule has 1 saturated carbocycles. The fourth-order valence-electron chi connectivity index (χ4n) is 2.35. The van der Waals surface area contributed by atoms with Gasteiger partial charge in [-0.3, -0.25) is 0 Å². The Bertz CT molecular complexity index is 214. The number of thioether (sulfide) groups is 1. The van der Waals surface area contributed by atoms with Crippen LogP contribution in [0.15, 0.2) is 0 Å². The van der Waals surface area contributed by atoms with Crippen molar-refractivity contribution in [2.24, 2.45) is 5.92 Å². The average Bonchev–Trinajstić information content (AvgIpc) is 2.36. The average molecular weight is 275 g/mol. The predicted molar refractivity (Wildman–Crippen MR) is 79.2 cm³/mol. The Kier molecular flexibility index (Phi) is 8.31. The molecule has 108 valence electrons. The lowest BCUT2D eigenvalue weighted by Gasteiger charge is -2.29. The van der Waals surface area contributed by atoms with E-state index in [0.717, 1.165) is 11.9 Å². The smallest absolute Gasteiger partial charge is 0.0897 e. The summed E-state index contributed by atoms with van der Waals surface area (Å²) in [5.41, 5.74) is 0. The molecule has 0 aliphatic heterocycles. The van der Waals surface area contributed by atoms with Gasteiger partial charge in [0.25, 0.3) is 0 Å². The van der Waals surface area contributed by atoms with Crippen molar-refractivity contribution in [3.8, 4) is 0 Å². The second-order valence-corrected chi connectivity index (χ2v) is 6.85. The van der Waals surface area contributed by atoms with E-state index >= 15 is 0 Å². The Morgan fingerprint density at radius 1 is 1.33 bits per heavy atom. The van der Waals surface area contributed by atoms with Crippen LogP contribution in [0.3, 0.4) is 0 Å². The van der Waals surface area contributed by atoms with Crippen molar-refractivity contribution in [2.45, 2.75) is 56.9 Å². The summed E-state index contributed by atoms with van der Waals surface area (Å²) in [5, 5.41) is 14.1. The van der Waals surface area contributed by atoms with E-state index in [4.69, 9.17) is 4.74 Å². The van der Waals surface area contributed by atoms with E-state index in [1.54, 1.807) is 0 Å². The van der Waals surface area contributed by atoms with Crippen LogP contribution in [-0.2, 0) is 4.74 Å². The summed E-state index contributed by atoms with van der Waals surface area (Å²) in [7, 11) is 0. The first kappa shape index (κ1) is 16.3. The van der Waals surface area contributed by atoms with E-state index in [1.807, 2.05) is 11.8 Å². The minimum atomic E-state index is -0.376. The number of aliphatic hydroxyl groups is 1. The Balaban J connectivity index is 2.08. The molecule has 3 unspecified atom stereocenters. The molecule has 3 atom stereocenters. The molecule has 1 fully saturated rings. The standard InChI is InChI=1S/C14H29NO2S/c1-11(2)9-17-10-13(16)8-15-12-5-4-6-14(7-12)18-3/h11-16H,4-10H2,1-3H3. The molecule has 0 heterocycles. The molecular weight excluding hydrogens is 246 g/mol. The molecule has 0 bridgehead atoms. The zero-order valence-electron chi connectivity index (χ0n) is 12.0. The third-order valence-corrected chi connectivity index (χ3v) is 4.46. The normalized spacial score (nSPS) is 26.5. The Morgan fingerprint density at radius 3 is 2.78 bits per heavy atom. The van der Waals surface area contributed by atoms with Crippen molar-refractivity contribution in [3.05, 3.63) is 0 Å². The van der Waals surface area contributed by atoms with Gasteiger partial charge in [-0.05, 0) is 31.4 Å². The van der Waals surface area contributed by atoms with Gasteiger partial charge in [-0.25, -0.2) is 0 Å². The van der Waals surface area contributed by atoms with Gasteiger partial charge in [0.05, 0.1) is 12.7 Å². The second kappa shape index (κ2) is 9.18. The monoisotopic (exact) mass is 275 g/mol. The number of ether oxygens (including phenoxy) is 1. The molecule has 1 aliphatic carbocycles. The first-order valence-corrected chi connectivity index (χ1v) is 8.42. The van der Waals surface area contributed by atoms with E-state index in [9.17, 15) is 5.11 Å². The topological polar surface area (TPSA) is 41.5 Å². The highest BCUT2D eigenvalue weighted by Gasteiger charge is 2.21. The number of aliphatic hydroxyl groups excluding tert-OH is 1. The van der Waals surface area contributed by atoms with Crippen molar-refractivity contribution in [1.82, 2.24) is 5.32 Å². The Hall–Kier alpha value is 0.230. The first-order chi connectivity index (χ1) is 8.61. The molecule has 0 spiro atoms. The quantitative estimate of drug-likeness (QED) is 0.713. The summed E-state index contributed by atoms with van der Waals surface area (Å²) >= 11 is 1.97. The number of hydrogen-bond acceptors (Lipinski definition) is 4. The molecule has 1 rings (SSSR count). The van der Waals surface area contributed by atoms with Gasteiger partial charge >= 0.3 is 0 Å². The van der Waals surface area contributed by atoms with Gasteiger partial charge in [0.1, 0.15) is 0 Å². The van der Waals surface area contributed by atoms with Gasteiger partial charge < -0.3 is 15.2 Å². The van der Waals surface area contributed by atoms with E-state index in [0.29, 0.717) is 25.1 Å². The summed E-state index contributed by atoms with van der Waals surface area (Å²) in [6.07, 6.45) is 6.96. The third-order valence-electron chi connectivity index (χ3n) is 3.36. The highest BCUT2D eigenvalue weighted by molar-refractivity contribution is 7.99. The molecule has 1 aliphatic rings. The first-order valence-electron chi connectivity index (χ1n) is 7.13. The van der Waals surface area contributed by atoms with Crippen molar-refractivity contribution >= 4 is 11.8 Å². The van der Waals surface area contributed by atoms with Crippen LogP contribution in [-0.4, -0.2) is 48.5 Å². The van der Waals surface area contributed by atoms with Gasteiger partial charge in [-0.1, -0.05) is 20.3 Å². The number of hydrogen-bond donors (Lipinski definition) is 2. The summed E-state index contributed by atoms with van der Waals surface area (Å²) in [6.45, 7) is 6.08. The molecule has 3 nitrogen and oxygen atoms in total. The van der Waals surface area contributed by atoms with E-state index in [2.05, 4.69) is 25.4 Å². The largest absolute Gasteiger partial charge is 0.389 e. The maximum absolute atomic E-state index is 9.82. The fraction of sp³-hybridized carbons (Fsp3) is 1.00. The maximum Gasteiger partial charge on any atom is 0.0897 e. The lowest BCUT2D eigenvalue weighted by molar-refractivity contribution is 0.0245. The summed E-state index contributed by atoms with van der Waals surface area (Å²) in [4.78, 5) is 0. The van der Waals surface area contributed by atoms with E-state index in [-0.39, 0.29) is 6.10 Å². The van der Waals surface area contributed by atoms with Crippen LogP contribution >= 0.6 is 11.8 Å². The predicted octanol–water partition coefficient (Wildman–Crippen LogP) is 2.28. The molecule has 18 heavy (non-hydrogen) atoms. The molecule has 2 N–H and O–H groups in total. The van der Waals surface area contributed by atoms with Gasteiger partial charge in [0.2, 0.25) is 0 Å². The van der Waals surface area contributed by atoms with Gasteiger partial charge in [0, 0.05) is 24.4 Å². The molecule has 0 aromatic rings. The van der Waals surface area contributed by atoms with Crippen molar-refractivity contribution in [3.63, 3.8) is 0 Å². The zero-order chi connectivity index (χ0) is 13.4. The SMILES string of the molecule is CSC1CCCC(NCC(O)COCC(C)C)C1. The van der Waals surface area contributed by atoms with Crippen LogP contribution in [0.25, 0.3) is 0 Å². The molecule has 0 radical (unpaired) electrons. The zero-order valence-corrected chi connectivity index (χ0v) is 12.8. The van der Waals surface area contributed by atoms with E-state index < -0.39 is 0 Å². The highest BCUT2D eigenvalue weighted by atomic mass is 32.2. The number of nitrogens with one attached hydrogen (secondary N) is 1.